The van der Waals surface area contributed by atoms with Crippen molar-refractivity contribution in [3.63, 3.8) is 0 Å². The molecule has 0 aromatic carbocycles. The summed E-state index contributed by atoms with van der Waals surface area (Å²) in [5.41, 5.74) is 0. The predicted molar refractivity (Wildman–Crippen MR) is 87.8 cm³/mol. The number of likely N-dealkylation sites (tertiary alicyclic amines) is 1. The van der Waals surface area contributed by atoms with Gasteiger partial charge >= 0.3 is 6.18 Å². The van der Waals surface area contributed by atoms with E-state index < -0.39 is 28.7 Å². The van der Waals surface area contributed by atoms with Gasteiger partial charge in [0.2, 0.25) is 15.9 Å². The Labute approximate surface area is 148 Å². The number of piperidine rings is 1. The molecule has 0 saturated carbocycles. The molecule has 1 aliphatic heterocycles. The third-order valence-electron chi connectivity index (χ3n) is 3.87. The first-order valence-electron chi connectivity index (χ1n) is 7.66. The number of carbonyl (C=O) groups is 1. The quantitative estimate of drug-likeness (QED) is 0.787. The van der Waals surface area contributed by atoms with Crippen LogP contribution in [0.25, 0.3) is 0 Å². The van der Waals surface area contributed by atoms with Crippen LogP contribution in [0.5, 0.6) is 0 Å². The van der Waals surface area contributed by atoms with E-state index in [1.54, 1.807) is 16.3 Å². The largest absolute Gasteiger partial charge is 0.406 e. The fraction of sp³-hybridized carbons (Fsp3) is 0.643. The Balaban J connectivity index is 1.79. The number of nitrogens with zero attached hydrogens (tertiary/aromatic N) is 2. The summed E-state index contributed by atoms with van der Waals surface area (Å²) in [6, 6.07) is 2.94. The van der Waals surface area contributed by atoms with Crippen molar-refractivity contribution >= 4 is 27.3 Å². The molecule has 1 aliphatic rings. The minimum absolute atomic E-state index is 0.100. The van der Waals surface area contributed by atoms with Gasteiger partial charge in [0.25, 0.3) is 0 Å². The zero-order valence-electron chi connectivity index (χ0n) is 13.6. The average molecular weight is 399 g/mol. The maximum Gasteiger partial charge on any atom is 0.406 e. The summed E-state index contributed by atoms with van der Waals surface area (Å²) in [4.78, 5) is 14.2. The van der Waals surface area contributed by atoms with E-state index in [1.165, 1.54) is 6.07 Å². The highest BCUT2D eigenvalue weighted by atomic mass is 32.2. The molecule has 0 spiro atoms. The molecule has 0 radical (unpaired) electrons. The summed E-state index contributed by atoms with van der Waals surface area (Å²) in [6.07, 6.45) is -3.42. The van der Waals surface area contributed by atoms with E-state index in [9.17, 15) is 26.4 Å². The fourth-order valence-electron chi connectivity index (χ4n) is 2.57. The van der Waals surface area contributed by atoms with E-state index >= 15 is 0 Å². The molecule has 1 amide bonds. The molecular formula is C14H20F3N3O3S2. The van der Waals surface area contributed by atoms with Crippen LogP contribution in [-0.2, 0) is 14.8 Å². The van der Waals surface area contributed by atoms with Crippen molar-refractivity contribution in [2.45, 2.75) is 29.3 Å². The number of nitrogens with one attached hydrogen (secondary N) is 1. The zero-order valence-corrected chi connectivity index (χ0v) is 15.3. The SMILES string of the molecule is CN(CC(F)(F)F)C(=O)CN1CCC(NS(=O)(=O)c2cccs2)CC1. The molecule has 142 valence electrons. The minimum atomic E-state index is -4.42. The van der Waals surface area contributed by atoms with Crippen LogP contribution in [0.3, 0.4) is 0 Å². The van der Waals surface area contributed by atoms with E-state index in [2.05, 4.69) is 4.72 Å². The molecule has 1 aromatic heterocycles. The molecule has 0 atom stereocenters. The highest BCUT2D eigenvalue weighted by molar-refractivity contribution is 7.91. The van der Waals surface area contributed by atoms with Crippen molar-refractivity contribution in [2.24, 2.45) is 0 Å². The number of amides is 1. The van der Waals surface area contributed by atoms with Crippen LogP contribution in [0.1, 0.15) is 12.8 Å². The van der Waals surface area contributed by atoms with E-state index in [4.69, 9.17) is 0 Å². The Kier molecular flexibility index (Phi) is 6.46. The third kappa shape index (κ3) is 6.24. The van der Waals surface area contributed by atoms with Crippen molar-refractivity contribution in [1.29, 1.82) is 0 Å². The zero-order chi connectivity index (χ0) is 18.7. The summed E-state index contributed by atoms with van der Waals surface area (Å²) in [5.74, 6) is -0.602. The molecule has 2 heterocycles. The van der Waals surface area contributed by atoms with Gasteiger partial charge in [0.05, 0.1) is 6.54 Å². The maximum absolute atomic E-state index is 12.3. The van der Waals surface area contributed by atoms with Gasteiger partial charge in [0.1, 0.15) is 10.8 Å². The number of sulfonamides is 1. The van der Waals surface area contributed by atoms with Gasteiger partial charge in [-0.05, 0) is 24.3 Å². The second-order valence-corrected chi connectivity index (χ2v) is 8.86. The van der Waals surface area contributed by atoms with Crippen LogP contribution < -0.4 is 4.72 Å². The van der Waals surface area contributed by atoms with Crippen molar-refractivity contribution in [3.8, 4) is 0 Å². The van der Waals surface area contributed by atoms with Gasteiger partial charge in [-0.2, -0.15) is 13.2 Å². The molecule has 2 rings (SSSR count). The molecule has 1 aromatic rings. The van der Waals surface area contributed by atoms with Crippen LogP contribution >= 0.6 is 11.3 Å². The number of hydrogen-bond donors (Lipinski definition) is 1. The minimum Gasteiger partial charge on any atom is -0.336 e. The Morgan fingerprint density at radius 2 is 2.04 bits per heavy atom. The standard InChI is InChI=1S/C14H20F3N3O3S2/c1-19(10-14(15,16)17)12(21)9-20-6-4-11(5-7-20)18-25(22,23)13-3-2-8-24-13/h2-3,8,11,18H,4-7,9-10H2,1H3. The van der Waals surface area contributed by atoms with Gasteiger partial charge in [-0.3, -0.25) is 9.69 Å². The van der Waals surface area contributed by atoms with Crippen LogP contribution in [-0.4, -0.2) is 69.6 Å². The number of hydrogen-bond acceptors (Lipinski definition) is 5. The smallest absolute Gasteiger partial charge is 0.336 e. The number of rotatable bonds is 6. The molecule has 25 heavy (non-hydrogen) atoms. The molecule has 11 heteroatoms. The average Bonchev–Trinajstić information content (AvgIpc) is 3.02. The van der Waals surface area contributed by atoms with E-state index in [1.807, 2.05) is 0 Å². The van der Waals surface area contributed by atoms with Crippen molar-refractivity contribution in [2.75, 3.05) is 33.2 Å². The van der Waals surface area contributed by atoms with Crippen LogP contribution in [0, 0.1) is 0 Å². The van der Waals surface area contributed by atoms with Crippen molar-refractivity contribution in [1.82, 2.24) is 14.5 Å². The first kappa shape index (κ1) is 20.1. The monoisotopic (exact) mass is 399 g/mol. The lowest BCUT2D eigenvalue weighted by atomic mass is 10.1. The second kappa shape index (κ2) is 8.02. The molecule has 6 nitrogen and oxygen atoms in total. The Hall–Kier alpha value is -1.17. The Morgan fingerprint density at radius 1 is 1.40 bits per heavy atom. The van der Waals surface area contributed by atoms with Gasteiger partial charge in [-0.1, -0.05) is 6.07 Å². The van der Waals surface area contributed by atoms with E-state index in [-0.39, 0.29) is 16.8 Å². The lowest BCUT2D eigenvalue weighted by Crippen LogP contribution is -2.48. The number of thiophene rings is 1. The number of likely N-dealkylation sites (N-methyl/N-ethyl adjacent to an activating group) is 1. The third-order valence-corrected chi connectivity index (χ3v) is 6.79. The van der Waals surface area contributed by atoms with Crippen LogP contribution in [0.2, 0.25) is 0 Å². The topological polar surface area (TPSA) is 69.7 Å². The Bertz CT molecular complexity index is 669. The predicted octanol–water partition coefficient (Wildman–Crippen LogP) is 1.51. The lowest BCUT2D eigenvalue weighted by Gasteiger charge is -2.32. The van der Waals surface area contributed by atoms with Crippen LogP contribution in [0.4, 0.5) is 13.2 Å². The highest BCUT2D eigenvalue weighted by Crippen LogP contribution is 2.19. The van der Waals surface area contributed by atoms with E-state index in [0.29, 0.717) is 30.8 Å². The van der Waals surface area contributed by atoms with Gasteiger partial charge in [-0.15, -0.1) is 11.3 Å². The number of halogens is 3. The highest BCUT2D eigenvalue weighted by Gasteiger charge is 2.32. The number of carbonyl (C=O) groups excluding carboxylic acids is 1. The van der Waals surface area contributed by atoms with E-state index in [0.717, 1.165) is 18.4 Å². The maximum atomic E-state index is 12.3. The summed E-state index contributed by atoms with van der Waals surface area (Å²) in [7, 11) is -2.42. The van der Waals surface area contributed by atoms with Crippen LogP contribution in [0.15, 0.2) is 21.7 Å². The summed E-state index contributed by atoms with van der Waals surface area (Å²) >= 11 is 1.13. The van der Waals surface area contributed by atoms with Gasteiger partial charge in [0, 0.05) is 26.2 Å². The number of alkyl halides is 3. The second-order valence-electron chi connectivity index (χ2n) is 5.97. The first-order valence-corrected chi connectivity index (χ1v) is 10.0. The van der Waals surface area contributed by atoms with Gasteiger partial charge < -0.3 is 4.90 Å². The lowest BCUT2D eigenvalue weighted by molar-refractivity contribution is -0.159. The molecule has 1 fully saturated rings. The van der Waals surface area contributed by atoms with Gasteiger partial charge in [-0.25, -0.2) is 13.1 Å². The molecule has 0 bridgehead atoms. The summed E-state index contributed by atoms with van der Waals surface area (Å²) in [5, 5.41) is 1.68. The Morgan fingerprint density at radius 3 is 2.56 bits per heavy atom. The van der Waals surface area contributed by atoms with Gasteiger partial charge in [0.15, 0.2) is 0 Å². The first-order chi connectivity index (χ1) is 11.6. The molecular weight excluding hydrogens is 379 g/mol. The summed E-state index contributed by atoms with van der Waals surface area (Å²) in [6.45, 7) is -0.480. The normalized spacial score (nSPS) is 17.6. The molecule has 1 N–H and O–H groups in total. The summed E-state index contributed by atoms with van der Waals surface area (Å²) < 4.78 is 64.1. The molecule has 1 saturated heterocycles. The molecule has 0 unspecified atom stereocenters. The van der Waals surface area contributed by atoms with Crippen molar-refractivity contribution in [3.05, 3.63) is 17.5 Å². The van der Waals surface area contributed by atoms with Crippen molar-refractivity contribution < 1.29 is 26.4 Å². The molecule has 0 aliphatic carbocycles. The fourth-order valence-corrected chi connectivity index (χ4v) is 4.89.